The van der Waals surface area contributed by atoms with Gasteiger partial charge in [0.25, 0.3) is 0 Å². The van der Waals surface area contributed by atoms with Gasteiger partial charge in [-0.2, -0.15) is 0 Å². The van der Waals surface area contributed by atoms with Gasteiger partial charge in [0.05, 0.1) is 18.7 Å². The molecule has 0 amide bonds. The van der Waals surface area contributed by atoms with Crippen molar-refractivity contribution in [3.05, 3.63) is 29.1 Å². The summed E-state index contributed by atoms with van der Waals surface area (Å²) in [5.41, 5.74) is 0.209. The molecule has 0 aromatic carbocycles. The van der Waals surface area contributed by atoms with E-state index in [-0.39, 0.29) is 11.4 Å². The van der Waals surface area contributed by atoms with Crippen LogP contribution in [0.2, 0.25) is 0 Å². The molecule has 0 fully saturated rings. The van der Waals surface area contributed by atoms with Gasteiger partial charge in [0.15, 0.2) is 6.20 Å². The van der Waals surface area contributed by atoms with E-state index in [1.807, 2.05) is 0 Å². The van der Waals surface area contributed by atoms with Crippen LogP contribution in [0.25, 0.3) is 0 Å². The van der Waals surface area contributed by atoms with Crippen LogP contribution >= 0.6 is 0 Å². The number of methoxy groups -OCH3 is 1. The Morgan fingerprint density at radius 3 is 2.82 bits per heavy atom. The average Bonchev–Trinajstić information content (AvgIpc) is 2.04. The fourth-order valence-electron chi connectivity index (χ4n) is 0.686. The van der Waals surface area contributed by atoms with Gasteiger partial charge in [-0.1, -0.05) is 0 Å². The lowest BCUT2D eigenvalue weighted by Gasteiger charge is -2.00. The normalized spacial score (nSPS) is 9.18. The first-order chi connectivity index (χ1) is 5.27. The van der Waals surface area contributed by atoms with Gasteiger partial charge in [-0.3, -0.25) is 4.79 Å². The van der Waals surface area contributed by atoms with Crippen molar-refractivity contribution in [1.29, 1.82) is 0 Å². The number of pyridine rings is 1. The highest BCUT2D eigenvalue weighted by molar-refractivity contribution is 5.74. The summed E-state index contributed by atoms with van der Waals surface area (Å²) in [5.74, 6) is 0.156. The van der Waals surface area contributed by atoms with Crippen LogP contribution in [0, 0.1) is 5.21 Å². The standard InChI is InChI=1S/C7H6NO3/c1-11-7-3-2-6(5-9)4-8(7)10/h2-4H,1H3. The molecule has 0 atom stereocenters. The first kappa shape index (κ1) is 7.53. The zero-order valence-corrected chi connectivity index (χ0v) is 5.90. The Bertz CT molecular complexity index is 272. The molecule has 1 radical (unpaired) electrons. The predicted octanol–water partition coefficient (Wildman–Crippen LogP) is -0.214. The Kier molecular flexibility index (Phi) is 2.06. The molecule has 0 aliphatic heterocycles. The Balaban J connectivity index is 3.09. The zero-order chi connectivity index (χ0) is 8.27. The number of aromatic nitrogens is 1. The van der Waals surface area contributed by atoms with Crippen LogP contribution < -0.4 is 9.47 Å². The van der Waals surface area contributed by atoms with E-state index in [0.717, 1.165) is 6.20 Å². The summed E-state index contributed by atoms with van der Waals surface area (Å²) < 4.78 is 5.14. The second-order valence-electron chi connectivity index (χ2n) is 1.89. The van der Waals surface area contributed by atoms with Gasteiger partial charge in [-0.25, -0.2) is 0 Å². The van der Waals surface area contributed by atoms with Crippen molar-refractivity contribution in [2.75, 3.05) is 7.11 Å². The number of ether oxygens (including phenoxy) is 1. The van der Waals surface area contributed by atoms with Crippen LogP contribution in [0.4, 0.5) is 0 Å². The monoisotopic (exact) mass is 152 g/mol. The van der Waals surface area contributed by atoms with Crippen LogP contribution in [0.5, 0.6) is 5.88 Å². The molecule has 0 aliphatic carbocycles. The zero-order valence-electron chi connectivity index (χ0n) is 5.90. The van der Waals surface area contributed by atoms with Crippen molar-refractivity contribution in [3.63, 3.8) is 0 Å². The summed E-state index contributed by atoms with van der Waals surface area (Å²) in [6, 6.07) is 2.87. The molecule has 1 heterocycles. The Hall–Kier alpha value is -1.58. The van der Waals surface area contributed by atoms with Crippen LogP contribution in [-0.4, -0.2) is 13.4 Å². The maximum atomic E-state index is 10.8. The van der Waals surface area contributed by atoms with E-state index < -0.39 is 0 Å². The van der Waals surface area contributed by atoms with Crippen molar-refractivity contribution in [2.24, 2.45) is 0 Å². The molecule has 1 aromatic rings. The predicted molar refractivity (Wildman–Crippen MR) is 36.7 cm³/mol. The SMILES string of the molecule is COc1ccc([C]=O)c[n+]1[O-]. The fraction of sp³-hybridized carbons (Fsp3) is 0.143. The van der Waals surface area contributed by atoms with Gasteiger partial charge in [-0.15, -0.1) is 4.73 Å². The molecular weight excluding hydrogens is 146 g/mol. The van der Waals surface area contributed by atoms with E-state index in [1.54, 1.807) is 6.29 Å². The lowest BCUT2D eigenvalue weighted by molar-refractivity contribution is -0.612. The fourth-order valence-corrected chi connectivity index (χ4v) is 0.686. The van der Waals surface area contributed by atoms with E-state index in [0.29, 0.717) is 4.73 Å². The molecular formula is C7H6NO3. The summed E-state index contributed by atoms with van der Waals surface area (Å²) in [6.45, 7) is 0. The third-order valence-corrected chi connectivity index (χ3v) is 1.21. The summed E-state index contributed by atoms with van der Waals surface area (Å²) in [4.78, 5) is 10.0. The molecule has 4 nitrogen and oxygen atoms in total. The first-order valence-corrected chi connectivity index (χ1v) is 2.93. The number of carbonyl (C=O) groups excluding carboxylic acids is 1. The van der Waals surface area contributed by atoms with Crippen LogP contribution in [-0.2, 0) is 4.79 Å². The molecule has 0 unspecified atom stereocenters. The lowest BCUT2D eigenvalue weighted by atomic mass is 10.3. The van der Waals surface area contributed by atoms with Crippen LogP contribution in [0.3, 0.4) is 0 Å². The van der Waals surface area contributed by atoms with E-state index >= 15 is 0 Å². The third-order valence-electron chi connectivity index (χ3n) is 1.21. The van der Waals surface area contributed by atoms with Gasteiger partial charge in [0.2, 0.25) is 6.29 Å². The maximum absolute atomic E-state index is 10.8. The largest absolute Gasteiger partial charge is 0.616 e. The van der Waals surface area contributed by atoms with Gasteiger partial charge < -0.3 is 9.94 Å². The van der Waals surface area contributed by atoms with Crippen molar-refractivity contribution in [1.82, 2.24) is 0 Å². The number of nitrogens with zero attached hydrogens (tertiary/aromatic N) is 1. The average molecular weight is 152 g/mol. The van der Waals surface area contributed by atoms with Gasteiger partial charge in [0, 0.05) is 0 Å². The molecule has 0 N–H and O–H groups in total. The molecule has 0 spiro atoms. The minimum absolute atomic E-state index is 0.156. The van der Waals surface area contributed by atoms with E-state index in [9.17, 15) is 10.0 Å². The molecule has 11 heavy (non-hydrogen) atoms. The Morgan fingerprint density at radius 1 is 1.64 bits per heavy atom. The lowest BCUT2D eigenvalue weighted by Crippen LogP contribution is -2.28. The smallest absolute Gasteiger partial charge is 0.379 e. The van der Waals surface area contributed by atoms with Crippen molar-refractivity contribution >= 4 is 6.29 Å². The van der Waals surface area contributed by atoms with Gasteiger partial charge >= 0.3 is 5.88 Å². The van der Waals surface area contributed by atoms with Crippen molar-refractivity contribution in [3.8, 4) is 5.88 Å². The summed E-state index contributed by atoms with van der Waals surface area (Å²) in [7, 11) is 1.38. The molecule has 0 saturated carbocycles. The number of hydrogen-bond donors (Lipinski definition) is 0. The second-order valence-corrected chi connectivity index (χ2v) is 1.89. The van der Waals surface area contributed by atoms with Gasteiger partial charge in [0.1, 0.15) is 0 Å². The Morgan fingerprint density at radius 2 is 2.36 bits per heavy atom. The number of rotatable bonds is 2. The summed E-state index contributed by atoms with van der Waals surface area (Å²) in [6.07, 6.45) is 2.70. The van der Waals surface area contributed by atoms with Gasteiger partial charge in [-0.05, 0) is 6.07 Å². The van der Waals surface area contributed by atoms with Crippen molar-refractivity contribution in [2.45, 2.75) is 0 Å². The van der Waals surface area contributed by atoms with Crippen molar-refractivity contribution < 1.29 is 14.3 Å². The number of hydrogen-bond acceptors (Lipinski definition) is 3. The van der Waals surface area contributed by atoms with E-state index in [1.165, 1.54) is 19.2 Å². The highest BCUT2D eigenvalue weighted by Crippen LogP contribution is 2.01. The van der Waals surface area contributed by atoms with E-state index in [4.69, 9.17) is 0 Å². The Labute approximate surface area is 63.6 Å². The molecule has 1 aromatic heterocycles. The molecule has 0 saturated heterocycles. The molecule has 0 bridgehead atoms. The highest BCUT2D eigenvalue weighted by Gasteiger charge is 2.04. The molecule has 0 aliphatic rings. The summed E-state index contributed by atoms with van der Waals surface area (Å²) >= 11 is 0. The maximum Gasteiger partial charge on any atom is 0.379 e. The third kappa shape index (κ3) is 1.46. The van der Waals surface area contributed by atoms with Crippen LogP contribution in [0.1, 0.15) is 5.56 Å². The quantitative estimate of drug-likeness (QED) is 0.435. The minimum atomic E-state index is 0.156. The molecule has 1 rings (SSSR count). The topological polar surface area (TPSA) is 53.2 Å². The van der Waals surface area contributed by atoms with E-state index in [2.05, 4.69) is 4.74 Å². The first-order valence-electron chi connectivity index (χ1n) is 2.93. The second kappa shape index (κ2) is 3.01. The van der Waals surface area contributed by atoms with Crippen LogP contribution in [0.15, 0.2) is 18.3 Å². The summed E-state index contributed by atoms with van der Waals surface area (Å²) in [5, 5.41) is 10.8. The molecule has 4 heteroatoms. The minimum Gasteiger partial charge on any atom is -0.616 e. The highest BCUT2D eigenvalue weighted by atomic mass is 16.5. The molecule has 57 valence electrons.